The molecule has 1 N–H and O–H groups in total. The highest BCUT2D eigenvalue weighted by Gasteiger charge is 2.12. The zero-order valence-electron chi connectivity index (χ0n) is 11.7. The number of benzene rings is 1. The molecule has 0 fully saturated rings. The fourth-order valence-corrected chi connectivity index (χ4v) is 2.44. The van der Waals surface area contributed by atoms with Gasteiger partial charge in [-0.15, -0.1) is 0 Å². The molecule has 0 aliphatic carbocycles. The number of ether oxygens (including phenoxy) is 1. The molecule has 1 atom stereocenters. The molecule has 1 heterocycles. The van der Waals surface area contributed by atoms with Crippen molar-refractivity contribution < 1.29 is 4.74 Å². The average Bonchev–Trinajstić information content (AvgIpc) is 2.84. The van der Waals surface area contributed by atoms with Gasteiger partial charge in [0.05, 0.1) is 6.61 Å². The van der Waals surface area contributed by atoms with Gasteiger partial charge in [0.15, 0.2) is 0 Å². The number of unbranched alkanes of at least 4 members (excludes halogenated alkanes) is 2. The Morgan fingerprint density at radius 1 is 1.33 bits per heavy atom. The van der Waals surface area contributed by atoms with Gasteiger partial charge >= 0.3 is 0 Å². The molecule has 2 rings (SSSR count). The summed E-state index contributed by atoms with van der Waals surface area (Å²) in [4.78, 5) is 0. The molecular formula is C16H25NO. The maximum absolute atomic E-state index is 5.52. The summed E-state index contributed by atoms with van der Waals surface area (Å²) < 4.78 is 5.52. The predicted molar refractivity (Wildman–Crippen MR) is 76.1 cm³/mol. The van der Waals surface area contributed by atoms with Gasteiger partial charge in [-0.3, -0.25) is 0 Å². The van der Waals surface area contributed by atoms with Crippen LogP contribution >= 0.6 is 0 Å². The van der Waals surface area contributed by atoms with E-state index in [1.54, 1.807) is 0 Å². The highest BCUT2D eigenvalue weighted by Crippen LogP contribution is 2.25. The first-order valence-corrected chi connectivity index (χ1v) is 7.27. The lowest BCUT2D eigenvalue weighted by Crippen LogP contribution is -2.25. The number of hydrogen-bond acceptors (Lipinski definition) is 2. The highest BCUT2D eigenvalue weighted by atomic mass is 16.5. The van der Waals surface area contributed by atoms with Gasteiger partial charge in [-0.25, -0.2) is 0 Å². The number of rotatable bonds is 7. The smallest absolute Gasteiger partial charge is 0.122 e. The van der Waals surface area contributed by atoms with E-state index in [9.17, 15) is 0 Å². The van der Waals surface area contributed by atoms with Crippen molar-refractivity contribution in [2.75, 3.05) is 6.61 Å². The second kappa shape index (κ2) is 6.79. The molecule has 0 saturated carbocycles. The van der Waals surface area contributed by atoms with E-state index in [1.807, 2.05) is 0 Å². The van der Waals surface area contributed by atoms with Crippen molar-refractivity contribution in [3.8, 4) is 5.75 Å². The molecule has 100 valence electrons. The van der Waals surface area contributed by atoms with Crippen LogP contribution in [0.25, 0.3) is 0 Å². The molecule has 1 unspecified atom stereocenters. The summed E-state index contributed by atoms with van der Waals surface area (Å²) >= 11 is 0. The van der Waals surface area contributed by atoms with E-state index >= 15 is 0 Å². The van der Waals surface area contributed by atoms with Crippen molar-refractivity contribution in [3.63, 3.8) is 0 Å². The first kappa shape index (κ1) is 13.4. The molecule has 0 saturated heterocycles. The minimum Gasteiger partial charge on any atom is -0.493 e. The molecule has 2 heteroatoms. The lowest BCUT2D eigenvalue weighted by molar-refractivity contribution is 0.357. The Kier molecular flexibility index (Phi) is 5.06. The zero-order chi connectivity index (χ0) is 12.8. The molecule has 0 spiro atoms. The highest BCUT2D eigenvalue weighted by molar-refractivity contribution is 5.39. The largest absolute Gasteiger partial charge is 0.493 e. The van der Waals surface area contributed by atoms with Crippen molar-refractivity contribution in [3.05, 3.63) is 29.3 Å². The van der Waals surface area contributed by atoms with E-state index in [1.165, 1.54) is 36.8 Å². The van der Waals surface area contributed by atoms with E-state index in [0.717, 1.165) is 25.3 Å². The molecule has 1 aromatic rings. The van der Waals surface area contributed by atoms with Gasteiger partial charge < -0.3 is 10.1 Å². The lowest BCUT2D eigenvalue weighted by Gasteiger charge is -2.14. The van der Waals surface area contributed by atoms with Crippen LogP contribution in [0, 0.1) is 0 Å². The molecule has 1 aliphatic heterocycles. The Hall–Kier alpha value is -1.02. The maximum Gasteiger partial charge on any atom is 0.122 e. The topological polar surface area (TPSA) is 21.3 Å². The molecule has 0 aromatic heterocycles. The molecule has 1 aromatic carbocycles. The number of hydrogen-bond donors (Lipinski definition) is 1. The SMILES string of the molecule is CCCCCC(C)NCc1ccc2c(c1)CCO2. The normalized spacial score (nSPS) is 15.2. The third-order valence-electron chi connectivity index (χ3n) is 3.65. The van der Waals surface area contributed by atoms with Crippen LogP contribution in [0.1, 0.15) is 50.7 Å². The quantitative estimate of drug-likeness (QED) is 0.742. The molecule has 1 aliphatic rings. The van der Waals surface area contributed by atoms with Crippen LogP contribution in [0.15, 0.2) is 18.2 Å². The molecule has 18 heavy (non-hydrogen) atoms. The summed E-state index contributed by atoms with van der Waals surface area (Å²) in [6, 6.07) is 7.19. The first-order valence-electron chi connectivity index (χ1n) is 7.27. The minimum atomic E-state index is 0.612. The van der Waals surface area contributed by atoms with Crippen molar-refractivity contribution in [1.29, 1.82) is 0 Å². The summed E-state index contributed by atoms with van der Waals surface area (Å²) in [6.45, 7) is 6.36. The van der Waals surface area contributed by atoms with Crippen LogP contribution in [-0.2, 0) is 13.0 Å². The van der Waals surface area contributed by atoms with Crippen molar-refractivity contribution in [2.45, 2.75) is 58.5 Å². The monoisotopic (exact) mass is 247 g/mol. The second-order valence-corrected chi connectivity index (χ2v) is 5.32. The van der Waals surface area contributed by atoms with Crippen molar-refractivity contribution >= 4 is 0 Å². The van der Waals surface area contributed by atoms with Crippen LogP contribution in [0.2, 0.25) is 0 Å². The molecular weight excluding hydrogens is 222 g/mol. The average molecular weight is 247 g/mol. The summed E-state index contributed by atoms with van der Waals surface area (Å²) in [5.74, 6) is 1.08. The summed E-state index contributed by atoms with van der Waals surface area (Å²) in [7, 11) is 0. The van der Waals surface area contributed by atoms with E-state index in [2.05, 4.69) is 37.4 Å². The lowest BCUT2D eigenvalue weighted by atomic mass is 10.1. The van der Waals surface area contributed by atoms with Crippen molar-refractivity contribution in [2.24, 2.45) is 0 Å². The summed E-state index contributed by atoms with van der Waals surface area (Å²) in [5.41, 5.74) is 2.74. The van der Waals surface area contributed by atoms with Gasteiger partial charge in [0, 0.05) is 19.0 Å². The van der Waals surface area contributed by atoms with Crippen LogP contribution in [-0.4, -0.2) is 12.6 Å². The van der Waals surface area contributed by atoms with Crippen molar-refractivity contribution in [1.82, 2.24) is 5.32 Å². The Morgan fingerprint density at radius 3 is 3.06 bits per heavy atom. The van der Waals surface area contributed by atoms with Crippen LogP contribution in [0.5, 0.6) is 5.75 Å². The fourth-order valence-electron chi connectivity index (χ4n) is 2.44. The standard InChI is InChI=1S/C16H25NO/c1-3-4-5-6-13(2)17-12-14-7-8-16-15(11-14)9-10-18-16/h7-8,11,13,17H,3-6,9-10,12H2,1-2H3. The first-order chi connectivity index (χ1) is 8.79. The summed E-state index contributed by atoms with van der Waals surface area (Å²) in [5, 5.41) is 3.61. The Bertz CT molecular complexity index is 375. The van der Waals surface area contributed by atoms with Crippen LogP contribution < -0.4 is 10.1 Å². The van der Waals surface area contributed by atoms with Gasteiger partial charge in [-0.1, -0.05) is 38.3 Å². The van der Waals surface area contributed by atoms with Crippen LogP contribution in [0.4, 0.5) is 0 Å². The molecule has 0 bridgehead atoms. The van der Waals surface area contributed by atoms with Gasteiger partial charge in [0.2, 0.25) is 0 Å². The van der Waals surface area contributed by atoms with Gasteiger partial charge in [-0.2, -0.15) is 0 Å². The van der Waals surface area contributed by atoms with Gasteiger partial charge in [-0.05, 0) is 30.5 Å². The van der Waals surface area contributed by atoms with Gasteiger partial charge in [0.1, 0.15) is 5.75 Å². The second-order valence-electron chi connectivity index (χ2n) is 5.32. The Balaban J connectivity index is 1.76. The third kappa shape index (κ3) is 3.74. The Morgan fingerprint density at radius 2 is 2.22 bits per heavy atom. The third-order valence-corrected chi connectivity index (χ3v) is 3.65. The van der Waals surface area contributed by atoms with E-state index in [4.69, 9.17) is 4.74 Å². The molecule has 0 amide bonds. The molecule has 2 nitrogen and oxygen atoms in total. The summed E-state index contributed by atoms with van der Waals surface area (Å²) in [6.07, 6.45) is 6.33. The maximum atomic E-state index is 5.52. The van der Waals surface area contributed by atoms with Crippen LogP contribution in [0.3, 0.4) is 0 Å². The zero-order valence-corrected chi connectivity index (χ0v) is 11.7. The van der Waals surface area contributed by atoms with Gasteiger partial charge in [0.25, 0.3) is 0 Å². The minimum absolute atomic E-state index is 0.612. The molecule has 0 radical (unpaired) electrons. The van der Waals surface area contributed by atoms with E-state index in [-0.39, 0.29) is 0 Å². The predicted octanol–water partition coefficient (Wildman–Crippen LogP) is 3.68. The fraction of sp³-hybridized carbons (Fsp3) is 0.625. The van der Waals surface area contributed by atoms with E-state index < -0.39 is 0 Å². The Labute approximate surface area is 111 Å². The number of nitrogens with one attached hydrogen (secondary N) is 1. The number of fused-ring (bicyclic) bond motifs is 1. The van der Waals surface area contributed by atoms with E-state index in [0.29, 0.717) is 6.04 Å².